The van der Waals surface area contributed by atoms with Crippen LogP contribution >= 0.6 is 24.0 Å². The molecule has 1 aliphatic heterocycles. The molecule has 1 aliphatic rings. The highest BCUT2D eigenvalue weighted by molar-refractivity contribution is 14.0. The van der Waals surface area contributed by atoms with Gasteiger partial charge < -0.3 is 15.4 Å². The molecule has 0 aromatic carbocycles. The molecule has 0 atom stereocenters. The molecule has 90 valence electrons. The van der Waals surface area contributed by atoms with Crippen LogP contribution in [0.3, 0.4) is 0 Å². The highest BCUT2D eigenvalue weighted by Gasteiger charge is 2.03. The van der Waals surface area contributed by atoms with Crippen LogP contribution in [0.25, 0.3) is 0 Å². The molecule has 0 aromatic rings. The number of ether oxygens (including phenoxy) is 1. The van der Waals surface area contributed by atoms with E-state index in [9.17, 15) is 8.78 Å². The first kappa shape index (κ1) is 14.8. The summed E-state index contributed by atoms with van der Waals surface area (Å²) in [5.41, 5.74) is 0. The summed E-state index contributed by atoms with van der Waals surface area (Å²) in [6, 6.07) is 0. The minimum absolute atomic E-state index is 0. The summed E-state index contributed by atoms with van der Waals surface area (Å²) in [7, 11) is 0. The molecule has 1 rings (SSSR count). The highest BCUT2D eigenvalue weighted by atomic mass is 127. The quantitative estimate of drug-likeness (QED) is 0.578. The molecule has 0 bridgehead atoms. The van der Waals surface area contributed by atoms with Gasteiger partial charge in [0.15, 0.2) is 5.96 Å². The highest BCUT2D eigenvalue weighted by Crippen LogP contribution is 1.91. The maximum Gasteiger partial charge on any atom is 0.261 e. The molecule has 0 amide bonds. The van der Waals surface area contributed by atoms with Crippen LogP contribution in [0.2, 0.25) is 0 Å². The third kappa shape index (κ3) is 7.71. The van der Waals surface area contributed by atoms with Gasteiger partial charge in [-0.05, 0) is 6.42 Å². The molecule has 4 nitrogen and oxygen atoms in total. The lowest BCUT2D eigenvalue weighted by atomic mass is 10.4. The molecule has 0 spiro atoms. The van der Waals surface area contributed by atoms with Gasteiger partial charge >= 0.3 is 0 Å². The summed E-state index contributed by atoms with van der Waals surface area (Å²) in [5.74, 6) is 0.733. The topological polar surface area (TPSA) is 45.6 Å². The van der Waals surface area contributed by atoms with Crippen LogP contribution < -0.4 is 10.6 Å². The Balaban J connectivity index is 0.00000196. The molecule has 0 aromatic heterocycles. The Kier molecular flexibility index (Phi) is 8.97. The third-order valence-corrected chi connectivity index (χ3v) is 1.68. The Morgan fingerprint density at radius 1 is 1.53 bits per heavy atom. The second-order valence-electron chi connectivity index (χ2n) is 2.90. The molecule has 0 unspecified atom stereocenters. The van der Waals surface area contributed by atoms with Gasteiger partial charge in [0.05, 0.1) is 6.61 Å². The normalized spacial score (nSPS) is 15.3. The van der Waals surface area contributed by atoms with Gasteiger partial charge in [0.1, 0.15) is 6.61 Å². The van der Waals surface area contributed by atoms with Crippen LogP contribution in [-0.2, 0) is 4.74 Å². The fraction of sp³-hybridized carbons (Fsp3) is 0.875. The number of alkyl halides is 2. The van der Waals surface area contributed by atoms with Crippen molar-refractivity contribution in [3.05, 3.63) is 0 Å². The largest absolute Gasteiger partial charge is 0.374 e. The van der Waals surface area contributed by atoms with E-state index in [-0.39, 0.29) is 30.6 Å². The summed E-state index contributed by atoms with van der Waals surface area (Å²) in [4.78, 5) is 4.15. The molecule has 1 heterocycles. The van der Waals surface area contributed by atoms with Crippen LogP contribution in [0, 0.1) is 0 Å². The summed E-state index contributed by atoms with van der Waals surface area (Å²) in [5, 5.41) is 6.02. The van der Waals surface area contributed by atoms with Crippen LogP contribution in [0.5, 0.6) is 0 Å². The number of hydrogen-bond donors (Lipinski definition) is 2. The first-order valence-corrected chi connectivity index (χ1v) is 4.67. The second-order valence-corrected chi connectivity index (χ2v) is 2.90. The zero-order chi connectivity index (χ0) is 10.2. The van der Waals surface area contributed by atoms with Gasteiger partial charge in [-0.25, -0.2) is 8.78 Å². The smallest absolute Gasteiger partial charge is 0.261 e. The van der Waals surface area contributed by atoms with Crippen molar-refractivity contribution < 1.29 is 13.5 Å². The van der Waals surface area contributed by atoms with E-state index in [4.69, 9.17) is 4.74 Å². The summed E-state index contributed by atoms with van der Waals surface area (Å²) in [6.45, 7) is 1.99. The lowest BCUT2D eigenvalue weighted by Gasteiger charge is -2.15. The van der Waals surface area contributed by atoms with Crippen molar-refractivity contribution in [2.75, 3.05) is 32.8 Å². The van der Waals surface area contributed by atoms with Crippen molar-refractivity contribution in [3.63, 3.8) is 0 Å². The predicted octanol–water partition coefficient (Wildman–Crippen LogP) is 0.825. The number of aliphatic imine (C=N–C) groups is 1. The van der Waals surface area contributed by atoms with Crippen molar-refractivity contribution in [2.24, 2.45) is 4.99 Å². The molecule has 2 N–H and O–H groups in total. The minimum atomic E-state index is -2.39. The second kappa shape index (κ2) is 9.08. The molecule has 0 aliphatic carbocycles. The Morgan fingerprint density at radius 3 is 2.93 bits per heavy atom. The fourth-order valence-electron chi connectivity index (χ4n) is 1.07. The first-order valence-electron chi connectivity index (χ1n) is 4.67. The molecule has 0 saturated carbocycles. The van der Waals surface area contributed by atoms with Crippen molar-refractivity contribution in [2.45, 2.75) is 12.8 Å². The van der Waals surface area contributed by atoms with Crippen LogP contribution in [0.1, 0.15) is 6.42 Å². The Morgan fingerprint density at radius 2 is 2.33 bits per heavy atom. The van der Waals surface area contributed by atoms with E-state index in [0.717, 1.165) is 25.5 Å². The van der Waals surface area contributed by atoms with Crippen molar-refractivity contribution >= 4 is 29.9 Å². The van der Waals surface area contributed by atoms with Gasteiger partial charge in [0.25, 0.3) is 6.43 Å². The van der Waals surface area contributed by atoms with Crippen LogP contribution in [-0.4, -0.2) is 45.2 Å². The minimum Gasteiger partial charge on any atom is -0.374 e. The van der Waals surface area contributed by atoms with Gasteiger partial charge in [-0.3, -0.25) is 4.99 Å². The maximum atomic E-state index is 11.6. The van der Waals surface area contributed by atoms with E-state index in [1.54, 1.807) is 0 Å². The lowest BCUT2D eigenvalue weighted by Crippen LogP contribution is -2.42. The molecular weight excluding hydrogens is 319 g/mol. The molecular formula is C8H16F2IN3O. The number of nitrogens with zero attached hydrogens (tertiary/aromatic N) is 1. The summed E-state index contributed by atoms with van der Waals surface area (Å²) < 4.78 is 28.0. The third-order valence-electron chi connectivity index (χ3n) is 1.68. The molecule has 0 radical (unpaired) electrons. The standard InChI is InChI=1S/C8H15F2N3O.HI/c9-7(10)6-14-5-4-13-8-11-2-1-3-12-8;/h7H,1-6H2,(H2,11,12,13);1H. The van der Waals surface area contributed by atoms with Crippen LogP contribution in [0.15, 0.2) is 4.99 Å². The Bertz CT molecular complexity index is 193. The number of rotatable bonds is 5. The zero-order valence-corrected chi connectivity index (χ0v) is 10.7. The van der Waals surface area contributed by atoms with Gasteiger partial charge in [-0.1, -0.05) is 0 Å². The van der Waals surface area contributed by atoms with Crippen molar-refractivity contribution in [1.82, 2.24) is 10.6 Å². The van der Waals surface area contributed by atoms with E-state index in [1.165, 1.54) is 0 Å². The first-order chi connectivity index (χ1) is 6.79. The van der Waals surface area contributed by atoms with E-state index < -0.39 is 13.0 Å². The Labute approximate surface area is 105 Å². The zero-order valence-electron chi connectivity index (χ0n) is 8.34. The predicted molar refractivity (Wildman–Crippen MR) is 65.2 cm³/mol. The number of nitrogens with one attached hydrogen (secondary N) is 2. The average Bonchev–Trinajstić information content (AvgIpc) is 2.18. The fourth-order valence-corrected chi connectivity index (χ4v) is 1.07. The average molecular weight is 335 g/mol. The molecule has 15 heavy (non-hydrogen) atoms. The van der Waals surface area contributed by atoms with Crippen molar-refractivity contribution in [3.8, 4) is 0 Å². The van der Waals surface area contributed by atoms with Gasteiger partial charge in [0, 0.05) is 19.6 Å². The van der Waals surface area contributed by atoms with E-state index in [0.29, 0.717) is 6.54 Å². The van der Waals surface area contributed by atoms with Gasteiger partial charge in [0.2, 0.25) is 0 Å². The Hall–Kier alpha value is -0.180. The summed E-state index contributed by atoms with van der Waals surface area (Å²) >= 11 is 0. The van der Waals surface area contributed by atoms with E-state index in [1.807, 2.05) is 0 Å². The number of halogens is 3. The number of hydrogen-bond acceptors (Lipinski definition) is 4. The maximum absolute atomic E-state index is 11.6. The number of guanidine groups is 1. The molecule has 0 fully saturated rings. The molecule has 0 saturated heterocycles. The summed E-state index contributed by atoms with van der Waals surface area (Å²) in [6.07, 6.45) is -1.35. The van der Waals surface area contributed by atoms with Gasteiger partial charge in [-0.2, -0.15) is 0 Å². The monoisotopic (exact) mass is 335 g/mol. The molecule has 7 heteroatoms. The van der Waals surface area contributed by atoms with Crippen LogP contribution in [0.4, 0.5) is 8.78 Å². The lowest BCUT2D eigenvalue weighted by molar-refractivity contribution is 0.0196. The SMILES string of the molecule is FC(F)COCCNC1=NCCCN1.I. The van der Waals surface area contributed by atoms with E-state index in [2.05, 4.69) is 15.6 Å². The van der Waals surface area contributed by atoms with E-state index >= 15 is 0 Å². The van der Waals surface area contributed by atoms with Gasteiger partial charge in [-0.15, -0.1) is 24.0 Å². The van der Waals surface area contributed by atoms with Crippen molar-refractivity contribution in [1.29, 1.82) is 0 Å².